The summed E-state index contributed by atoms with van der Waals surface area (Å²) in [4.78, 5) is 0. The number of hydrogen-bond acceptors (Lipinski definition) is 2. The van der Waals surface area contributed by atoms with E-state index in [2.05, 4.69) is 85.6 Å². The maximum absolute atomic E-state index is 6.94. The third-order valence-corrected chi connectivity index (χ3v) is 13.7. The first-order valence-electron chi connectivity index (χ1n) is 10.9. The predicted molar refractivity (Wildman–Crippen MR) is 129 cm³/mol. The fourth-order valence-corrected chi connectivity index (χ4v) is 7.91. The van der Waals surface area contributed by atoms with Crippen molar-refractivity contribution >= 4 is 31.3 Å². The van der Waals surface area contributed by atoms with Crippen molar-refractivity contribution in [1.82, 2.24) is 0 Å². The summed E-state index contributed by atoms with van der Waals surface area (Å²) in [5, 5.41) is 1.78. The third kappa shape index (κ3) is 6.39. The van der Waals surface area contributed by atoms with Gasteiger partial charge in [-0.1, -0.05) is 50.2 Å². The van der Waals surface area contributed by atoms with Gasteiger partial charge in [-0.05, 0) is 81.5 Å². The standard InChI is InChI=1S/C23H42O2Si3/c1-17-12-11-13-22(18(17)2)26-16-19-14-20(24-27(6,7)8)15-21(19)25-28(9,10)23(3,4)5/h11-13,19-21H,14-16H2,1-10H3/t19-,20?,21+/m1/s1. The highest BCUT2D eigenvalue weighted by molar-refractivity contribution is 6.74. The molecule has 1 unspecified atom stereocenters. The number of aryl methyl sites for hydroxylation is 1. The molecule has 0 aromatic heterocycles. The summed E-state index contributed by atoms with van der Waals surface area (Å²) in [5.41, 5.74) is 2.88. The molecule has 3 atom stereocenters. The molecule has 1 saturated carbocycles. The van der Waals surface area contributed by atoms with Crippen molar-refractivity contribution in [2.45, 2.75) is 103 Å². The Labute approximate surface area is 178 Å². The Morgan fingerprint density at radius 2 is 1.64 bits per heavy atom. The highest BCUT2D eigenvalue weighted by Crippen LogP contribution is 2.42. The van der Waals surface area contributed by atoms with Crippen LogP contribution in [-0.4, -0.2) is 38.4 Å². The van der Waals surface area contributed by atoms with Crippen LogP contribution in [0.5, 0.6) is 0 Å². The lowest BCUT2D eigenvalue weighted by Gasteiger charge is -2.40. The van der Waals surface area contributed by atoms with Gasteiger partial charge in [-0.15, -0.1) is 0 Å². The van der Waals surface area contributed by atoms with Crippen molar-refractivity contribution in [3.63, 3.8) is 0 Å². The van der Waals surface area contributed by atoms with Gasteiger partial charge >= 0.3 is 0 Å². The summed E-state index contributed by atoms with van der Waals surface area (Å²) in [6, 6.07) is 7.98. The molecular weight excluding hydrogens is 393 g/mol. The van der Waals surface area contributed by atoms with E-state index in [0.717, 1.165) is 15.9 Å². The Hall–Kier alpha value is -0.209. The van der Waals surface area contributed by atoms with Crippen LogP contribution in [0.4, 0.5) is 0 Å². The minimum Gasteiger partial charge on any atom is -0.415 e. The first kappa shape index (κ1) is 24.1. The molecule has 0 amide bonds. The Morgan fingerprint density at radius 1 is 1.00 bits per heavy atom. The summed E-state index contributed by atoms with van der Waals surface area (Å²) in [7, 11) is -2.43. The quantitative estimate of drug-likeness (QED) is 0.485. The minimum absolute atomic E-state index is 0.255. The maximum atomic E-state index is 6.94. The van der Waals surface area contributed by atoms with Crippen molar-refractivity contribution < 1.29 is 8.85 Å². The fraction of sp³-hybridized carbons (Fsp3) is 0.739. The molecule has 28 heavy (non-hydrogen) atoms. The Balaban J connectivity index is 2.13. The summed E-state index contributed by atoms with van der Waals surface area (Å²) in [5.74, 6) is 0.619. The highest BCUT2D eigenvalue weighted by atomic mass is 28.4. The molecule has 1 aliphatic carbocycles. The van der Waals surface area contributed by atoms with Gasteiger partial charge in [0.2, 0.25) is 0 Å². The van der Waals surface area contributed by atoms with Gasteiger partial charge in [0.1, 0.15) is 0 Å². The maximum Gasteiger partial charge on any atom is 0.192 e. The monoisotopic (exact) mass is 434 g/mol. The van der Waals surface area contributed by atoms with Gasteiger partial charge < -0.3 is 8.85 Å². The predicted octanol–water partition coefficient (Wildman–Crippen LogP) is 6.07. The molecule has 0 bridgehead atoms. The van der Waals surface area contributed by atoms with E-state index in [9.17, 15) is 0 Å². The van der Waals surface area contributed by atoms with Gasteiger partial charge in [0, 0.05) is 6.10 Å². The van der Waals surface area contributed by atoms with Gasteiger partial charge in [-0.2, -0.15) is 0 Å². The van der Waals surface area contributed by atoms with Crippen LogP contribution >= 0.6 is 0 Å². The number of hydrogen-bond donors (Lipinski definition) is 0. The Kier molecular flexibility index (Phi) is 7.63. The van der Waals surface area contributed by atoms with Crippen LogP contribution < -0.4 is 5.19 Å². The topological polar surface area (TPSA) is 18.5 Å². The number of rotatable bonds is 7. The van der Waals surface area contributed by atoms with Crippen LogP contribution in [0, 0.1) is 19.8 Å². The van der Waals surface area contributed by atoms with Gasteiger partial charge in [-0.25, -0.2) is 0 Å². The summed E-state index contributed by atoms with van der Waals surface area (Å²) in [6.45, 7) is 23.2. The summed E-state index contributed by atoms with van der Waals surface area (Å²) in [6.07, 6.45) is 3.00. The van der Waals surface area contributed by atoms with Crippen molar-refractivity contribution in [2.24, 2.45) is 5.92 Å². The van der Waals surface area contributed by atoms with Crippen LogP contribution in [-0.2, 0) is 8.85 Å². The molecule has 1 aliphatic rings. The lowest BCUT2D eigenvalue weighted by Crippen LogP contribution is -2.45. The third-order valence-electron chi connectivity index (χ3n) is 6.52. The molecule has 0 spiro atoms. The van der Waals surface area contributed by atoms with E-state index in [1.807, 2.05) is 0 Å². The van der Waals surface area contributed by atoms with Crippen LogP contribution in [0.1, 0.15) is 44.7 Å². The van der Waals surface area contributed by atoms with E-state index < -0.39 is 16.6 Å². The van der Waals surface area contributed by atoms with E-state index in [0.29, 0.717) is 18.1 Å². The molecule has 2 radical (unpaired) electrons. The smallest absolute Gasteiger partial charge is 0.192 e. The van der Waals surface area contributed by atoms with Gasteiger partial charge in [-0.3, -0.25) is 0 Å². The average molecular weight is 435 g/mol. The average Bonchev–Trinajstić information content (AvgIpc) is 2.86. The second-order valence-electron chi connectivity index (χ2n) is 11.1. The van der Waals surface area contributed by atoms with Gasteiger partial charge in [0.05, 0.1) is 15.6 Å². The molecular formula is C23H42O2Si3. The SMILES string of the molecule is Cc1cccc([Si]C[C@H]2CC(O[Si](C)(C)C)C[C@@H]2O[Si](C)(C)C(C)(C)C)c1C. The van der Waals surface area contributed by atoms with Gasteiger partial charge in [0.15, 0.2) is 16.6 Å². The second kappa shape index (κ2) is 8.88. The molecule has 0 N–H and O–H groups in total. The van der Waals surface area contributed by atoms with Crippen LogP contribution in [0.3, 0.4) is 0 Å². The molecule has 1 aromatic carbocycles. The molecule has 0 saturated heterocycles. The van der Waals surface area contributed by atoms with Gasteiger partial charge in [0.25, 0.3) is 0 Å². The molecule has 2 rings (SSSR count). The molecule has 5 heteroatoms. The second-order valence-corrected chi connectivity index (χ2v) is 21.6. The van der Waals surface area contributed by atoms with Crippen molar-refractivity contribution in [1.29, 1.82) is 0 Å². The fourth-order valence-electron chi connectivity index (χ4n) is 3.73. The molecule has 0 heterocycles. The zero-order valence-corrected chi connectivity index (χ0v) is 22.9. The Morgan fingerprint density at radius 3 is 2.21 bits per heavy atom. The lowest BCUT2D eigenvalue weighted by molar-refractivity contribution is 0.135. The lowest BCUT2D eigenvalue weighted by atomic mass is 10.1. The van der Waals surface area contributed by atoms with Crippen molar-refractivity contribution in [2.75, 3.05) is 0 Å². The van der Waals surface area contributed by atoms with E-state index in [1.165, 1.54) is 28.8 Å². The molecule has 0 aliphatic heterocycles. The van der Waals surface area contributed by atoms with E-state index in [4.69, 9.17) is 8.85 Å². The summed E-state index contributed by atoms with van der Waals surface area (Å²) >= 11 is 0. The summed E-state index contributed by atoms with van der Waals surface area (Å²) < 4.78 is 13.5. The molecule has 2 nitrogen and oxygen atoms in total. The van der Waals surface area contributed by atoms with Crippen LogP contribution in [0.2, 0.25) is 43.8 Å². The van der Waals surface area contributed by atoms with Crippen LogP contribution in [0.15, 0.2) is 18.2 Å². The van der Waals surface area contributed by atoms with Crippen molar-refractivity contribution in [3.8, 4) is 0 Å². The first-order valence-corrected chi connectivity index (χ1v) is 18.4. The highest BCUT2D eigenvalue weighted by Gasteiger charge is 2.44. The van der Waals surface area contributed by atoms with Crippen LogP contribution in [0.25, 0.3) is 0 Å². The molecule has 1 fully saturated rings. The zero-order valence-electron chi connectivity index (χ0n) is 19.9. The first-order chi connectivity index (χ1) is 12.7. The normalized spacial score (nSPS) is 24.0. The largest absolute Gasteiger partial charge is 0.415 e. The minimum atomic E-state index is -1.77. The van der Waals surface area contributed by atoms with E-state index in [-0.39, 0.29) is 5.04 Å². The van der Waals surface area contributed by atoms with E-state index >= 15 is 0 Å². The Bertz CT molecular complexity index is 659. The van der Waals surface area contributed by atoms with E-state index in [1.54, 1.807) is 0 Å². The van der Waals surface area contributed by atoms with Crippen molar-refractivity contribution in [3.05, 3.63) is 29.3 Å². The zero-order chi connectivity index (χ0) is 21.3. The number of benzene rings is 1. The molecule has 158 valence electrons. The molecule has 1 aromatic rings.